The summed E-state index contributed by atoms with van der Waals surface area (Å²) < 4.78 is 12.3. The van der Waals surface area contributed by atoms with E-state index in [1.54, 1.807) is 42.5 Å². The van der Waals surface area contributed by atoms with Crippen LogP contribution in [0.25, 0.3) is 0 Å². The zero-order valence-electron chi connectivity index (χ0n) is 14.8. The summed E-state index contributed by atoms with van der Waals surface area (Å²) in [7, 11) is 0. The number of amides is 2. The number of benzene rings is 2. The van der Waals surface area contributed by atoms with Crippen LogP contribution in [0.4, 0.5) is 0 Å². The Morgan fingerprint density at radius 1 is 1.04 bits per heavy atom. The highest BCUT2D eigenvalue weighted by molar-refractivity contribution is 9.11. The zero-order valence-corrected chi connectivity index (χ0v) is 18.7. The first-order chi connectivity index (χ1) is 13.4. The van der Waals surface area contributed by atoms with Crippen LogP contribution in [0.15, 0.2) is 51.4 Å². The van der Waals surface area contributed by atoms with Crippen molar-refractivity contribution in [3.05, 3.63) is 57.0 Å². The third kappa shape index (κ3) is 7.10. The van der Waals surface area contributed by atoms with Gasteiger partial charge < -0.3 is 9.47 Å². The van der Waals surface area contributed by atoms with Gasteiger partial charge in [-0.1, -0.05) is 15.9 Å². The maximum Gasteiger partial charge on any atom is 0.276 e. The third-order valence-electron chi connectivity index (χ3n) is 3.22. The minimum absolute atomic E-state index is 0.0444. The van der Waals surface area contributed by atoms with Crippen LogP contribution in [0, 0.1) is 0 Å². The lowest BCUT2D eigenvalue weighted by molar-refractivity contribution is -0.123. The number of carbonyl (C=O) groups is 2. The number of ether oxygens (including phenoxy) is 2. The number of hydrazine groups is 1. The van der Waals surface area contributed by atoms with Crippen molar-refractivity contribution in [3.63, 3.8) is 0 Å². The molecule has 0 saturated carbocycles. The summed E-state index contributed by atoms with van der Waals surface area (Å²) in [5.74, 6) is 0.312. The minimum Gasteiger partial charge on any atom is -0.494 e. The molecule has 0 saturated heterocycles. The van der Waals surface area contributed by atoms with E-state index in [2.05, 4.69) is 48.0 Å². The first-order valence-corrected chi connectivity index (χ1v) is 10.1. The fourth-order valence-electron chi connectivity index (χ4n) is 1.97. The van der Waals surface area contributed by atoms with Crippen molar-refractivity contribution in [2.75, 3.05) is 13.2 Å². The van der Waals surface area contributed by atoms with Gasteiger partial charge >= 0.3 is 0 Å². The van der Waals surface area contributed by atoms with Crippen molar-refractivity contribution in [1.29, 1.82) is 0 Å². The summed E-state index contributed by atoms with van der Waals surface area (Å²) in [5, 5.41) is 2.42. The Bertz CT molecular complexity index is 862. The molecule has 2 amide bonds. The lowest BCUT2D eigenvalue weighted by atomic mass is 10.2. The molecule has 3 N–H and O–H groups in total. The van der Waals surface area contributed by atoms with Gasteiger partial charge in [0.2, 0.25) is 0 Å². The van der Waals surface area contributed by atoms with E-state index in [0.717, 1.165) is 4.47 Å². The van der Waals surface area contributed by atoms with E-state index in [9.17, 15) is 9.59 Å². The van der Waals surface area contributed by atoms with Crippen LogP contribution in [0.5, 0.6) is 11.5 Å². The van der Waals surface area contributed by atoms with Gasteiger partial charge in [-0.25, -0.2) is 0 Å². The lowest BCUT2D eigenvalue weighted by Gasteiger charge is -2.12. The molecule has 0 fully saturated rings. The number of nitrogens with one attached hydrogen (secondary N) is 3. The zero-order chi connectivity index (χ0) is 20.5. The van der Waals surface area contributed by atoms with Gasteiger partial charge in [-0.15, -0.1) is 0 Å². The Morgan fingerprint density at radius 3 is 2.39 bits per heavy atom. The molecule has 0 aliphatic heterocycles. The molecule has 0 spiro atoms. The summed E-state index contributed by atoms with van der Waals surface area (Å²) in [6, 6.07) is 11.9. The van der Waals surface area contributed by atoms with Crippen molar-refractivity contribution in [3.8, 4) is 11.5 Å². The largest absolute Gasteiger partial charge is 0.494 e. The molecule has 0 unspecified atom stereocenters. The summed E-state index contributed by atoms with van der Waals surface area (Å²) in [6.45, 7) is 2.19. The standard InChI is InChI=1S/C18H17Br2N3O4S/c1-2-26-13-6-3-11(4-7-13)17(25)21-18(28)23-22-16(24)10-27-15-8-5-12(19)9-14(15)20/h3-9H,2,10H2,1H3,(H,22,24)(H2,21,23,25,28). The summed E-state index contributed by atoms with van der Waals surface area (Å²) in [6.07, 6.45) is 0. The Hall–Kier alpha value is -2.17. The highest BCUT2D eigenvalue weighted by Crippen LogP contribution is 2.28. The molecule has 0 aromatic heterocycles. The van der Waals surface area contributed by atoms with Crippen LogP contribution in [-0.4, -0.2) is 30.1 Å². The van der Waals surface area contributed by atoms with Gasteiger partial charge in [-0.05, 0) is 77.5 Å². The number of hydrogen-bond donors (Lipinski definition) is 3. The van der Waals surface area contributed by atoms with Crippen LogP contribution < -0.4 is 25.6 Å². The predicted octanol–water partition coefficient (Wildman–Crippen LogP) is 3.32. The average Bonchev–Trinajstić information content (AvgIpc) is 2.66. The van der Waals surface area contributed by atoms with E-state index < -0.39 is 11.8 Å². The molecule has 0 bridgehead atoms. The average molecular weight is 531 g/mol. The summed E-state index contributed by atoms with van der Waals surface area (Å²) >= 11 is 11.7. The van der Waals surface area contributed by atoms with E-state index in [0.29, 0.717) is 28.1 Å². The van der Waals surface area contributed by atoms with Gasteiger partial charge in [0.25, 0.3) is 11.8 Å². The Balaban J connectivity index is 1.75. The second kappa shape index (κ2) is 11.0. The van der Waals surface area contributed by atoms with Crippen LogP contribution in [-0.2, 0) is 4.79 Å². The van der Waals surface area contributed by atoms with Crippen LogP contribution >= 0.6 is 44.1 Å². The maximum absolute atomic E-state index is 12.1. The molecule has 0 heterocycles. The Kier molecular flexibility index (Phi) is 8.68. The molecule has 2 aromatic carbocycles. The van der Waals surface area contributed by atoms with E-state index in [-0.39, 0.29) is 11.7 Å². The maximum atomic E-state index is 12.1. The van der Waals surface area contributed by atoms with E-state index in [4.69, 9.17) is 21.7 Å². The molecular formula is C18H17Br2N3O4S. The minimum atomic E-state index is -0.465. The number of halogens is 2. The first kappa shape index (κ1) is 22.1. The molecule has 10 heteroatoms. The molecule has 0 aliphatic carbocycles. The predicted molar refractivity (Wildman–Crippen MR) is 116 cm³/mol. The van der Waals surface area contributed by atoms with Gasteiger partial charge in [0.15, 0.2) is 11.7 Å². The molecule has 148 valence electrons. The molecule has 0 radical (unpaired) electrons. The molecule has 0 atom stereocenters. The van der Waals surface area contributed by atoms with E-state index in [1.807, 2.05) is 6.92 Å². The SMILES string of the molecule is CCOc1ccc(C(=O)NC(=S)NNC(=O)COc2ccc(Br)cc2Br)cc1. The molecule has 0 aliphatic rings. The topological polar surface area (TPSA) is 88.7 Å². The van der Waals surface area contributed by atoms with Crippen LogP contribution in [0.2, 0.25) is 0 Å². The highest BCUT2D eigenvalue weighted by atomic mass is 79.9. The van der Waals surface area contributed by atoms with E-state index >= 15 is 0 Å². The Morgan fingerprint density at radius 2 is 1.75 bits per heavy atom. The van der Waals surface area contributed by atoms with Gasteiger partial charge in [0.05, 0.1) is 11.1 Å². The number of thiocarbonyl (C=S) groups is 1. The highest BCUT2D eigenvalue weighted by Gasteiger charge is 2.10. The Labute approximate surface area is 184 Å². The van der Waals surface area contributed by atoms with Gasteiger partial charge in [0.1, 0.15) is 11.5 Å². The number of carbonyl (C=O) groups excluding carboxylic acids is 2. The molecule has 2 rings (SSSR count). The van der Waals surface area contributed by atoms with Crippen molar-refractivity contribution in [1.82, 2.24) is 16.2 Å². The molecule has 7 nitrogen and oxygen atoms in total. The number of rotatable bonds is 6. The van der Waals surface area contributed by atoms with Crippen molar-refractivity contribution in [2.24, 2.45) is 0 Å². The van der Waals surface area contributed by atoms with Crippen molar-refractivity contribution < 1.29 is 19.1 Å². The number of hydrogen-bond acceptors (Lipinski definition) is 5. The fraction of sp³-hybridized carbons (Fsp3) is 0.167. The summed E-state index contributed by atoms with van der Waals surface area (Å²) in [5.41, 5.74) is 5.21. The van der Waals surface area contributed by atoms with Crippen LogP contribution in [0.1, 0.15) is 17.3 Å². The quantitative estimate of drug-likeness (QED) is 0.392. The van der Waals surface area contributed by atoms with Crippen molar-refractivity contribution >= 4 is 61.0 Å². The molecule has 2 aromatic rings. The smallest absolute Gasteiger partial charge is 0.276 e. The summed E-state index contributed by atoms with van der Waals surface area (Å²) in [4.78, 5) is 24.0. The van der Waals surface area contributed by atoms with Crippen LogP contribution in [0.3, 0.4) is 0 Å². The second-order valence-corrected chi connectivity index (χ2v) is 7.46. The van der Waals surface area contributed by atoms with Gasteiger partial charge in [-0.2, -0.15) is 0 Å². The second-order valence-electron chi connectivity index (χ2n) is 5.28. The third-order valence-corrected chi connectivity index (χ3v) is 4.54. The fourth-order valence-corrected chi connectivity index (χ4v) is 3.28. The van der Waals surface area contributed by atoms with Gasteiger partial charge in [-0.3, -0.25) is 25.8 Å². The van der Waals surface area contributed by atoms with Crippen molar-refractivity contribution in [2.45, 2.75) is 6.92 Å². The molecular weight excluding hydrogens is 514 g/mol. The molecule has 28 heavy (non-hydrogen) atoms. The lowest BCUT2D eigenvalue weighted by Crippen LogP contribution is -2.49. The normalized spacial score (nSPS) is 9.96. The van der Waals surface area contributed by atoms with E-state index in [1.165, 1.54) is 0 Å². The monoisotopic (exact) mass is 529 g/mol. The van der Waals surface area contributed by atoms with Gasteiger partial charge in [0, 0.05) is 10.0 Å². The first-order valence-electron chi connectivity index (χ1n) is 8.10.